The Balaban J connectivity index is 3.97. The predicted molar refractivity (Wildman–Crippen MR) is 65.3 cm³/mol. The van der Waals surface area contributed by atoms with Gasteiger partial charge < -0.3 is 21.1 Å². The number of hydrogen-bond donors (Lipinski definition) is 3. The van der Waals surface area contributed by atoms with Gasteiger partial charge in [0.05, 0.1) is 12.6 Å². The van der Waals surface area contributed by atoms with E-state index >= 15 is 0 Å². The highest BCUT2D eigenvalue weighted by Crippen LogP contribution is 1.91. The third-order valence-corrected chi connectivity index (χ3v) is 2.11. The zero-order chi connectivity index (χ0) is 13.3. The van der Waals surface area contributed by atoms with Gasteiger partial charge in [0, 0.05) is 13.7 Å². The van der Waals surface area contributed by atoms with Crippen LogP contribution in [0.4, 0.5) is 0 Å². The Bertz CT molecular complexity index is 269. The molecule has 0 rings (SSSR count). The molecule has 98 valence electrons. The van der Waals surface area contributed by atoms with Crippen molar-refractivity contribution in [1.29, 1.82) is 0 Å². The van der Waals surface area contributed by atoms with Gasteiger partial charge in [0.2, 0.25) is 11.8 Å². The summed E-state index contributed by atoms with van der Waals surface area (Å²) in [4.78, 5) is 23.0. The normalized spacial score (nSPS) is 13.6. The third-order valence-electron chi connectivity index (χ3n) is 2.11. The highest BCUT2D eigenvalue weighted by atomic mass is 16.5. The monoisotopic (exact) mass is 243 g/mol. The Morgan fingerprint density at radius 2 is 2.12 bits per heavy atom. The maximum absolute atomic E-state index is 11.5. The molecule has 0 saturated carbocycles. The topological polar surface area (TPSA) is 93.5 Å². The number of rotatable bonds is 8. The molecule has 0 fully saturated rings. The molecule has 0 aliphatic carbocycles. The standard InChI is InChI=1S/C11H21N3O3/c1-4-5-9(12)11(16)14-8(2)10(15)13-6-7-17-3/h4,8-9H,1,5-7,12H2,2-3H3,(H,13,15)(H,14,16). The molecule has 0 spiro atoms. The van der Waals surface area contributed by atoms with Gasteiger partial charge in [-0.2, -0.15) is 0 Å². The van der Waals surface area contributed by atoms with Crippen LogP contribution in [0.25, 0.3) is 0 Å². The summed E-state index contributed by atoms with van der Waals surface area (Å²) in [6.45, 7) is 5.94. The van der Waals surface area contributed by atoms with Crippen LogP contribution in [0.1, 0.15) is 13.3 Å². The van der Waals surface area contributed by atoms with Crippen LogP contribution >= 0.6 is 0 Å². The van der Waals surface area contributed by atoms with Gasteiger partial charge in [0.25, 0.3) is 0 Å². The van der Waals surface area contributed by atoms with Crippen LogP contribution < -0.4 is 16.4 Å². The van der Waals surface area contributed by atoms with Crippen molar-refractivity contribution in [1.82, 2.24) is 10.6 Å². The summed E-state index contributed by atoms with van der Waals surface area (Å²) in [7, 11) is 1.55. The van der Waals surface area contributed by atoms with Crippen LogP contribution in [0.2, 0.25) is 0 Å². The number of ether oxygens (including phenoxy) is 1. The Labute approximate surface area is 102 Å². The predicted octanol–water partition coefficient (Wildman–Crippen LogP) is -0.843. The van der Waals surface area contributed by atoms with Crippen LogP contribution in [0, 0.1) is 0 Å². The maximum atomic E-state index is 11.5. The minimum Gasteiger partial charge on any atom is -0.383 e. The molecule has 0 aromatic rings. The largest absolute Gasteiger partial charge is 0.383 e. The molecule has 17 heavy (non-hydrogen) atoms. The van der Waals surface area contributed by atoms with E-state index in [1.165, 1.54) is 0 Å². The molecule has 0 heterocycles. The summed E-state index contributed by atoms with van der Waals surface area (Å²) in [5, 5.41) is 5.15. The van der Waals surface area contributed by atoms with E-state index in [1.807, 2.05) is 0 Å². The SMILES string of the molecule is C=CCC(N)C(=O)NC(C)C(=O)NCCOC. The van der Waals surface area contributed by atoms with E-state index in [-0.39, 0.29) is 11.8 Å². The summed E-state index contributed by atoms with van der Waals surface area (Å²) < 4.78 is 4.79. The van der Waals surface area contributed by atoms with Gasteiger partial charge in [-0.1, -0.05) is 6.08 Å². The average Bonchev–Trinajstić information content (AvgIpc) is 2.29. The lowest BCUT2D eigenvalue weighted by Crippen LogP contribution is -2.50. The van der Waals surface area contributed by atoms with Gasteiger partial charge >= 0.3 is 0 Å². The minimum atomic E-state index is -0.665. The summed E-state index contributed by atoms with van der Waals surface area (Å²) in [6.07, 6.45) is 1.94. The van der Waals surface area contributed by atoms with E-state index in [0.29, 0.717) is 19.6 Å². The van der Waals surface area contributed by atoms with Gasteiger partial charge in [0.1, 0.15) is 6.04 Å². The van der Waals surface area contributed by atoms with Gasteiger partial charge in [-0.25, -0.2) is 0 Å². The molecule has 0 bridgehead atoms. The van der Waals surface area contributed by atoms with Crippen molar-refractivity contribution in [2.45, 2.75) is 25.4 Å². The van der Waals surface area contributed by atoms with Gasteiger partial charge in [-0.05, 0) is 13.3 Å². The number of carbonyl (C=O) groups excluding carboxylic acids is 2. The fourth-order valence-corrected chi connectivity index (χ4v) is 1.10. The van der Waals surface area contributed by atoms with E-state index in [1.54, 1.807) is 20.1 Å². The fourth-order valence-electron chi connectivity index (χ4n) is 1.10. The fraction of sp³-hybridized carbons (Fsp3) is 0.636. The van der Waals surface area contributed by atoms with Gasteiger partial charge in [0.15, 0.2) is 0 Å². The molecule has 0 aromatic heterocycles. The quantitative estimate of drug-likeness (QED) is 0.382. The molecule has 0 aromatic carbocycles. The van der Waals surface area contributed by atoms with E-state index in [2.05, 4.69) is 17.2 Å². The molecule has 0 radical (unpaired) electrons. The van der Waals surface area contributed by atoms with Gasteiger partial charge in [-0.15, -0.1) is 6.58 Å². The van der Waals surface area contributed by atoms with Crippen molar-refractivity contribution in [3.8, 4) is 0 Å². The molecule has 4 N–H and O–H groups in total. The summed E-state index contributed by atoms with van der Waals surface area (Å²) >= 11 is 0. The smallest absolute Gasteiger partial charge is 0.242 e. The first-order chi connectivity index (χ1) is 8.02. The van der Waals surface area contributed by atoms with Crippen molar-refractivity contribution < 1.29 is 14.3 Å². The molecular formula is C11H21N3O3. The molecule has 6 heteroatoms. The lowest BCUT2D eigenvalue weighted by Gasteiger charge is -2.16. The van der Waals surface area contributed by atoms with E-state index in [0.717, 1.165) is 0 Å². The van der Waals surface area contributed by atoms with Crippen LogP contribution in [0.3, 0.4) is 0 Å². The summed E-state index contributed by atoms with van der Waals surface area (Å²) in [5.74, 6) is -0.625. The first-order valence-electron chi connectivity index (χ1n) is 5.46. The second-order valence-corrected chi connectivity index (χ2v) is 3.64. The van der Waals surface area contributed by atoms with Crippen molar-refractivity contribution >= 4 is 11.8 Å². The molecule has 2 atom stereocenters. The highest BCUT2D eigenvalue weighted by molar-refractivity contribution is 5.89. The number of nitrogens with two attached hydrogens (primary N) is 1. The second-order valence-electron chi connectivity index (χ2n) is 3.64. The molecule has 0 aliphatic rings. The van der Waals surface area contributed by atoms with E-state index < -0.39 is 12.1 Å². The van der Waals surface area contributed by atoms with Crippen LogP contribution in [-0.2, 0) is 14.3 Å². The summed E-state index contributed by atoms with van der Waals surface area (Å²) in [5.41, 5.74) is 5.56. The molecule has 2 amide bonds. The number of hydrogen-bond acceptors (Lipinski definition) is 4. The first kappa shape index (κ1) is 15.6. The maximum Gasteiger partial charge on any atom is 0.242 e. The summed E-state index contributed by atoms with van der Waals surface area (Å²) in [6, 6.07) is -1.28. The van der Waals surface area contributed by atoms with Crippen LogP contribution in [0.15, 0.2) is 12.7 Å². The number of methoxy groups -OCH3 is 1. The first-order valence-corrected chi connectivity index (χ1v) is 5.46. The Morgan fingerprint density at radius 3 is 2.65 bits per heavy atom. The van der Waals surface area contributed by atoms with Crippen LogP contribution in [0.5, 0.6) is 0 Å². The molecule has 0 saturated heterocycles. The number of nitrogens with one attached hydrogen (secondary N) is 2. The Morgan fingerprint density at radius 1 is 1.47 bits per heavy atom. The van der Waals surface area contributed by atoms with Crippen LogP contribution in [-0.4, -0.2) is 44.2 Å². The lowest BCUT2D eigenvalue weighted by atomic mass is 10.2. The second kappa shape index (κ2) is 8.72. The molecule has 6 nitrogen and oxygen atoms in total. The number of carbonyl (C=O) groups is 2. The molecule has 2 unspecified atom stereocenters. The van der Waals surface area contributed by atoms with Crippen molar-refractivity contribution in [3.05, 3.63) is 12.7 Å². The zero-order valence-electron chi connectivity index (χ0n) is 10.4. The zero-order valence-corrected chi connectivity index (χ0v) is 10.4. The Kier molecular flexibility index (Phi) is 8.00. The van der Waals surface area contributed by atoms with E-state index in [9.17, 15) is 9.59 Å². The van der Waals surface area contributed by atoms with E-state index in [4.69, 9.17) is 10.5 Å². The lowest BCUT2D eigenvalue weighted by molar-refractivity contribution is -0.129. The van der Waals surface area contributed by atoms with Crippen molar-refractivity contribution in [3.63, 3.8) is 0 Å². The van der Waals surface area contributed by atoms with Crippen molar-refractivity contribution in [2.24, 2.45) is 5.73 Å². The average molecular weight is 243 g/mol. The molecular weight excluding hydrogens is 222 g/mol. The Hall–Kier alpha value is -1.40. The number of amides is 2. The van der Waals surface area contributed by atoms with Gasteiger partial charge in [-0.3, -0.25) is 9.59 Å². The highest BCUT2D eigenvalue weighted by Gasteiger charge is 2.18. The third kappa shape index (κ3) is 6.70. The molecule has 0 aliphatic heterocycles. The minimum absolute atomic E-state index is 0.263. The van der Waals surface area contributed by atoms with Crippen molar-refractivity contribution in [2.75, 3.05) is 20.3 Å².